The minimum atomic E-state index is -1.06. The van der Waals surface area contributed by atoms with E-state index in [1.807, 2.05) is 44.2 Å². The van der Waals surface area contributed by atoms with E-state index < -0.39 is 30.1 Å². The Morgan fingerprint density at radius 2 is 1.93 bits per heavy atom. The first-order valence-corrected chi connectivity index (χ1v) is 8.94. The molecule has 1 heterocycles. The van der Waals surface area contributed by atoms with Crippen LogP contribution in [0, 0.1) is 5.92 Å². The van der Waals surface area contributed by atoms with Crippen LogP contribution in [0.5, 0.6) is 0 Å². The molecule has 0 aromatic heterocycles. The first kappa shape index (κ1) is 20.5. The van der Waals surface area contributed by atoms with Crippen molar-refractivity contribution in [1.29, 1.82) is 0 Å². The number of rotatable bonds is 7. The summed E-state index contributed by atoms with van der Waals surface area (Å²) in [5, 5.41) is 9.45. The SMILES string of the molecule is CC(C)C[C@H](C(=O)O)N(C)C(=O)[C@@H]1C=CCN1C(=O)OCc1ccccc1. The molecule has 1 aliphatic rings. The highest BCUT2D eigenvalue weighted by Gasteiger charge is 2.37. The quantitative estimate of drug-likeness (QED) is 0.741. The lowest BCUT2D eigenvalue weighted by atomic mass is 10.0. The monoisotopic (exact) mass is 374 g/mol. The van der Waals surface area contributed by atoms with Gasteiger partial charge in [0, 0.05) is 13.6 Å². The third kappa shape index (κ3) is 5.32. The number of carbonyl (C=O) groups excluding carboxylic acids is 2. The average molecular weight is 374 g/mol. The normalized spacial score (nSPS) is 17.0. The minimum Gasteiger partial charge on any atom is -0.480 e. The lowest BCUT2D eigenvalue weighted by Crippen LogP contribution is -2.52. The van der Waals surface area contributed by atoms with Crippen LogP contribution < -0.4 is 0 Å². The van der Waals surface area contributed by atoms with Gasteiger partial charge in [-0.05, 0) is 17.9 Å². The van der Waals surface area contributed by atoms with E-state index in [2.05, 4.69) is 0 Å². The molecule has 0 saturated carbocycles. The van der Waals surface area contributed by atoms with Gasteiger partial charge in [-0.2, -0.15) is 0 Å². The summed E-state index contributed by atoms with van der Waals surface area (Å²) >= 11 is 0. The number of hydrogen-bond donors (Lipinski definition) is 1. The van der Waals surface area contributed by atoms with Gasteiger partial charge in [-0.3, -0.25) is 9.69 Å². The van der Waals surface area contributed by atoms with Gasteiger partial charge in [0.1, 0.15) is 18.7 Å². The van der Waals surface area contributed by atoms with Crippen LogP contribution in [0.15, 0.2) is 42.5 Å². The second kappa shape index (κ2) is 9.21. The van der Waals surface area contributed by atoms with Crippen molar-refractivity contribution in [2.24, 2.45) is 5.92 Å². The van der Waals surface area contributed by atoms with Gasteiger partial charge in [-0.25, -0.2) is 9.59 Å². The zero-order valence-corrected chi connectivity index (χ0v) is 15.9. The van der Waals surface area contributed by atoms with E-state index in [1.165, 1.54) is 16.8 Å². The molecule has 1 aromatic carbocycles. The topological polar surface area (TPSA) is 87.2 Å². The maximum absolute atomic E-state index is 12.8. The van der Waals surface area contributed by atoms with E-state index in [0.717, 1.165) is 5.56 Å². The van der Waals surface area contributed by atoms with Crippen molar-refractivity contribution in [2.75, 3.05) is 13.6 Å². The number of carbonyl (C=O) groups is 3. The molecule has 7 nitrogen and oxygen atoms in total. The Kier molecular flexibility index (Phi) is 6.98. The van der Waals surface area contributed by atoms with Gasteiger partial charge in [0.2, 0.25) is 5.91 Å². The summed E-state index contributed by atoms with van der Waals surface area (Å²) in [6, 6.07) is 7.47. The second-order valence-corrected chi connectivity index (χ2v) is 7.00. The van der Waals surface area contributed by atoms with Crippen molar-refractivity contribution in [3.63, 3.8) is 0 Å². The Bertz CT molecular complexity index is 702. The molecular weight excluding hydrogens is 348 g/mol. The van der Waals surface area contributed by atoms with Crippen molar-refractivity contribution >= 4 is 18.0 Å². The highest BCUT2D eigenvalue weighted by molar-refractivity contribution is 5.91. The Hall–Kier alpha value is -2.83. The van der Waals surface area contributed by atoms with Crippen LogP contribution in [0.2, 0.25) is 0 Å². The van der Waals surface area contributed by atoms with E-state index in [1.54, 1.807) is 12.2 Å². The van der Waals surface area contributed by atoms with Crippen LogP contribution in [-0.4, -0.2) is 58.6 Å². The summed E-state index contributed by atoms with van der Waals surface area (Å²) in [7, 11) is 1.46. The second-order valence-electron chi connectivity index (χ2n) is 7.00. The van der Waals surface area contributed by atoms with Gasteiger partial charge in [-0.1, -0.05) is 56.3 Å². The minimum absolute atomic E-state index is 0.109. The molecule has 7 heteroatoms. The Labute approximate surface area is 159 Å². The largest absolute Gasteiger partial charge is 0.480 e. The molecule has 1 aliphatic heterocycles. The molecule has 2 amide bonds. The number of amides is 2. The van der Waals surface area contributed by atoms with E-state index in [0.29, 0.717) is 6.42 Å². The van der Waals surface area contributed by atoms with Gasteiger partial charge in [0.05, 0.1) is 0 Å². The molecule has 0 saturated heterocycles. The summed E-state index contributed by atoms with van der Waals surface area (Å²) < 4.78 is 5.30. The van der Waals surface area contributed by atoms with Gasteiger partial charge in [0.25, 0.3) is 0 Å². The van der Waals surface area contributed by atoms with E-state index in [-0.39, 0.29) is 19.1 Å². The predicted octanol–water partition coefficient (Wildman–Crippen LogP) is 2.52. The number of carboxylic acids is 1. The molecule has 0 aliphatic carbocycles. The fourth-order valence-corrected chi connectivity index (χ4v) is 2.96. The summed E-state index contributed by atoms with van der Waals surface area (Å²) in [5.41, 5.74) is 0.848. The summed E-state index contributed by atoms with van der Waals surface area (Å²) in [6.45, 7) is 4.16. The predicted molar refractivity (Wildman–Crippen MR) is 99.9 cm³/mol. The molecule has 0 bridgehead atoms. The van der Waals surface area contributed by atoms with E-state index in [9.17, 15) is 19.5 Å². The van der Waals surface area contributed by atoms with E-state index in [4.69, 9.17) is 4.74 Å². The molecule has 146 valence electrons. The maximum Gasteiger partial charge on any atom is 0.411 e. The number of hydrogen-bond acceptors (Lipinski definition) is 4. The first-order valence-electron chi connectivity index (χ1n) is 8.94. The zero-order chi connectivity index (χ0) is 20.0. The number of aliphatic carboxylic acids is 1. The van der Waals surface area contributed by atoms with Crippen LogP contribution >= 0.6 is 0 Å². The third-order valence-electron chi connectivity index (χ3n) is 4.44. The van der Waals surface area contributed by atoms with Crippen molar-refractivity contribution < 1.29 is 24.2 Å². The van der Waals surface area contributed by atoms with Gasteiger partial charge in [0.15, 0.2) is 0 Å². The van der Waals surface area contributed by atoms with Gasteiger partial charge < -0.3 is 14.7 Å². The lowest BCUT2D eigenvalue weighted by molar-refractivity contribution is -0.150. The van der Waals surface area contributed by atoms with Crippen molar-refractivity contribution in [2.45, 2.75) is 39.0 Å². The van der Waals surface area contributed by atoms with Crippen molar-refractivity contribution in [1.82, 2.24) is 9.80 Å². The molecule has 2 rings (SSSR count). The molecule has 1 aromatic rings. The molecule has 0 fully saturated rings. The fourth-order valence-electron chi connectivity index (χ4n) is 2.96. The highest BCUT2D eigenvalue weighted by atomic mass is 16.6. The van der Waals surface area contributed by atoms with Crippen LogP contribution in [-0.2, 0) is 20.9 Å². The summed E-state index contributed by atoms with van der Waals surface area (Å²) in [5.74, 6) is -1.37. The number of nitrogens with zero attached hydrogens (tertiary/aromatic N) is 2. The zero-order valence-electron chi connectivity index (χ0n) is 15.9. The third-order valence-corrected chi connectivity index (χ3v) is 4.44. The summed E-state index contributed by atoms with van der Waals surface area (Å²) in [4.78, 5) is 39.3. The van der Waals surface area contributed by atoms with Crippen LogP contribution in [0.4, 0.5) is 4.79 Å². The molecule has 0 spiro atoms. The number of likely N-dealkylation sites (N-methyl/N-ethyl adjacent to an activating group) is 1. The molecule has 2 atom stereocenters. The average Bonchev–Trinajstić information content (AvgIpc) is 3.13. The number of ether oxygens (including phenoxy) is 1. The first-order chi connectivity index (χ1) is 12.8. The Morgan fingerprint density at radius 3 is 2.52 bits per heavy atom. The number of benzene rings is 1. The van der Waals surface area contributed by atoms with E-state index >= 15 is 0 Å². The smallest absolute Gasteiger partial charge is 0.411 e. The van der Waals surface area contributed by atoms with Crippen molar-refractivity contribution in [3.8, 4) is 0 Å². The molecular formula is C20H26N2O5. The molecule has 1 N–H and O–H groups in total. The van der Waals surface area contributed by atoms with Gasteiger partial charge >= 0.3 is 12.1 Å². The fraction of sp³-hybridized carbons (Fsp3) is 0.450. The van der Waals surface area contributed by atoms with Crippen LogP contribution in [0.3, 0.4) is 0 Å². The van der Waals surface area contributed by atoms with Crippen LogP contribution in [0.25, 0.3) is 0 Å². The van der Waals surface area contributed by atoms with Crippen molar-refractivity contribution in [3.05, 3.63) is 48.0 Å². The van der Waals surface area contributed by atoms with Crippen LogP contribution in [0.1, 0.15) is 25.8 Å². The maximum atomic E-state index is 12.8. The molecule has 0 unspecified atom stereocenters. The molecule has 0 radical (unpaired) electrons. The summed E-state index contributed by atoms with van der Waals surface area (Å²) in [6.07, 6.45) is 3.05. The van der Waals surface area contributed by atoms with Gasteiger partial charge in [-0.15, -0.1) is 0 Å². The highest BCUT2D eigenvalue weighted by Crippen LogP contribution is 2.18. The Morgan fingerprint density at radius 1 is 1.26 bits per heavy atom. The standard InChI is InChI=1S/C20H26N2O5/c1-14(2)12-17(19(24)25)21(3)18(23)16-10-7-11-22(16)20(26)27-13-15-8-5-4-6-9-15/h4-10,14,16-17H,11-13H2,1-3H3,(H,24,25)/t16-,17+/m0/s1. The Balaban J connectivity index is 2.02. The lowest BCUT2D eigenvalue weighted by Gasteiger charge is -2.31. The number of carboxylic acid groups (broad SMARTS) is 1. The molecule has 27 heavy (non-hydrogen) atoms.